The van der Waals surface area contributed by atoms with E-state index in [-0.39, 0.29) is 18.0 Å². The van der Waals surface area contributed by atoms with E-state index in [1.165, 1.54) is 4.68 Å². The lowest BCUT2D eigenvalue weighted by Gasteiger charge is -2.11. The first kappa shape index (κ1) is 18.6. The Morgan fingerprint density at radius 1 is 1.11 bits per heavy atom. The smallest absolute Gasteiger partial charge is 0.275 e. The predicted octanol–water partition coefficient (Wildman–Crippen LogP) is 2.37. The molecule has 140 valence electrons. The number of ether oxygens (including phenoxy) is 2. The van der Waals surface area contributed by atoms with Crippen LogP contribution in [0.2, 0.25) is 0 Å². The molecule has 1 aromatic heterocycles. The van der Waals surface area contributed by atoms with Gasteiger partial charge in [-0.15, -0.1) is 0 Å². The molecule has 7 heteroatoms. The summed E-state index contributed by atoms with van der Waals surface area (Å²) in [5.41, 5.74) is 0.995. The summed E-state index contributed by atoms with van der Waals surface area (Å²) in [6, 6.07) is 14.3. The second-order valence-corrected chi connectivity index (χ2v) is 6.01. The first-order valence-corrected chi connectivity index (χ1v) is 8.56. The second kappa shape index (κ2) is 8.46. The number of fused-ring (bicyclic) bond motifs is 1. The van der Waals surface area contributed by atoms with Crippen LogP contribution in [0.25, 0.3) is 10.8 Å². The zero-order chi connectivity index (χ0) is 19.2. The van der Waals surface area contributed by atoms with Crippen LogP contribution in [0.5, 0.6) is 5.75 Å². The summed E-state index contributed by atoms with van der Waals surface area (Å²) in [4.78, 5) is 24.9. The average Bonchev–Trinajstić information content (AvgIpc) is 2.66. The zero-order valence-corrected chi connectivity index (χ0v) is 15.3. The third-order valence-electron chi connectivity index (χ3n) is 4.02. The highest BCUT2D eigenvalue weighted by molar-refractivity contribution is 5.91. The number of hydrogen-bond acceptors (Lipinski definition) is 5. The number of amides is 1. The topological polar surface area (TPSA) is 82.4 Å². The molecule has 0 aliphatic heterocycles. The first-order chi connectivity index (χ1) is 13.1. The summed E-state index contributed by atoms with van der Waals surface area (Å²) in [5.74, 6) is 0.287. The Morgan fingerprint density at radius 3 is 2.67 bits per heavy atom. The molecule has 0 aliphatic carbocycles. The van der Waals surface area contributed by atoms with E-state index in [0.29, 0.717) is 35.7 Å². The summed E-state index contributed by atoms with van der Waals surface area (Å²) >= 11 is 0. The van der Waals surface area contributed by atoms with Gasteiger partial charge in [-0.05, 0) is 25.1 Å². The Balaban J connectivity index is 1.73. The van der Waals surface area contributed by atoms with Crippen molar-refractivity contribution in [1.29, 1.82) is 0 Å². The molecular formula is C20H21N3O4. The minimum absolute atomic E-state index is 0.167. The lowest BCUT2D eigenvalue weighted by molar-refractivity contribution is -0.117. The molecule has 2 aromatic carbocycles. The summed E-state index contributed by atoms with van der Waals surface area (Å²) in [6.07, 6.45) is 0. The fraction of sp³-hybridized carbons (Fsp3) is 0.250. The number of rotatable bonds is 7. The van der Waals surface area contributed by atoms with E-state index in [9.17, 15) is 9.59 Å². The van der Waals surface area contributed by atoms with Crippen molar-refractivity contribution in [3.63, 3.8) is 0 Å². The van der Waals surface area contributed by atoms with Crippen molar-refractivity contribution in [3.8, 4) is 5.75 Å². The molecule has 1 amide bonds. The van der Waals surface area contributed by atoms with E-state index in [1.54, 1.807) is 43.5 Å². The van der Waals surface area contributed by atoms with Crippen LogP contribution in [0.3, 0.4) is 0 Å². The zero-order valence-electron chi connectivity index (χ0n) is 15.3. The van der Waals surface area contributed by atoms with Crippen LogP contribution in [0, 0.1) is 6.92 Å². The van der Waals surface area contributed by atoms with Crippen molar-refractivity contribution in [2.75, 3.05) is 25.6 Å². The number of benzene rings is 2. The number of aromatic nitrogens is 2. The van der Waals surface area contributed by atoms with Gasteiger partial charge in [-0.25, -0.2) is 4.68 Å². The van der Waals surface area contributed by atoms with E-state index in [2.05, 4.69) is 10.4 Å². The molecule has 0 spiro atoms. The van der Waals surface area contributed by atoms with Crippen LogP contribution in [-0.4, -0.2) is 36.0 Å². The normalized spacial score (nSPS) is 10.7. The highest BCUT2D eigenvalue weighted by Crippen LogP contribution is 2.17. The van der Waals surface area contributed by atoms with Crippen molar-refractivity contribution in [1.82, 2.24) is 9.78 Å². The van der Waals surface area contributed by atoms with Crippen molar-refractivity contribution < 1.29 is 14.3 Å². The average molecular weight is 367 g/mol. The van der Waals surface area contributed by atoms with Gasteiger partial charge in [0.05, 0.1) is 17.7 Å². The van der Waals surface area contributed by atoms with E-state index in [4.69, 9.17) is 9.47 Å². The van der Waals surface area contributed by atoms with Crippen LogP contribution in [0.1, 0.15) is 5.69 Å². The lowest BCUT2D eigenvalue weighted by Crippen LogP contribution is -2.30. The Kier molecular flexibility index (Phi) is 5.83. The van der Waals surface area contributed by atoms with Gasteiger partial charge in [0.2, 0.25) is 5.91 Å². The minimum atomic E-state index is -0.340. The summed E-state index contributed by atoms with van der Waals surface area (Å²) < 4.78 is 11.7. The van der Waals surface area contributed by atoms with Crippen molar-refractivity contribution in [3.05, 3.63) is 64.6 Å². The number of anilines is 1. The quantitative estimate of drug-likeness (QED) is 0.648. The van der Waals surface area contributed by atoms with E-state index in [1.807, 2.05) is 19.1 Å². The number of nitrogens with zero attached hydrogens (tertiary/aromatic N) is 2. The molecule has 3 aromatic rings. The molecule has 3 rings (SSSR count). The molecule has 0 fully saturated rings. The standard InChI is InChI=1S/C20H21N3O4/c1-14-17-8-3-4-9-18(17)20(25)23(22-14)13-19(24)21-15-6-5-7-16(12-15)27-11-10-26-2/h3-9,12H,10-11,13H2,1-2H3,(H,21,24). The van der Waals surface area contributed by atoms with Crippen LogP contribution in [-0.2, 0) is 16.1 Å². The van der Waals surface area contributed by atoms with Gasteiger partial charge in [-0.1, -0.05) is 24.3 Å². The minimum Gasteiger partial charge on any atom is -0.491 e. The highest BCUT2D eigenvalue weighted by Gasteiger charge is 2.11. The van der Waals surface area contributed by atoms with Crippen LogP contribution < -0.4 is 15.6 Å². The van der Waals surface area contributed by atoms with Gasteiger partial charge in [0.25, 0.3) is 5.56 Å². The monoisotopic (exact) mass is 367 g/mol. The van der Waals surface area contributed by atoms with Gasteiger partial charge in [0.15, 0.2) is 0 Å². The Bertz CT molecular complexity index is 1010. The predicted molar refractivity (Wildman–Crippen MR) is 103 cm³/mol. The van der Waals surface area contributed by atoms with Gasteiger partial charge >= 0.3 is 0 Å². The van der Waals surface area contributed by atoms with E-state index >= 15 is 0 Å². The van der Waals surface area contributed by atoms with Crippen molar-refractivity contribution >= 4 is 22.4 Å². The largest absolute Gasteiger partial charge is 0.491 e. The van der Waals surface area contributed by atoms with Gasteiger partial charge in [0.1, 0.15) is 18.9 Å². The second-order valence-electron chi connectivity index (χ2n) is 6.01. The molecular weight excluding hydrogens is 346 g/mol. The number of aryl methyl sites for hydroxylation is 1. The maximum absolute atomic E-state index is 12.6. The van der Waals surface area contributed by atoms with Crippen molar-refractivity contribution in [2.45, 2.75) is 13.5 Å². The highest BCUT2D eigenvalue weighted by atomic mass is 16.5. The van der Waals surface area contributed by atoms with Gasteiger partial charge < -0.3 is 14.8 Å². The van der Waals surface area contributed by atoms with E-state index < -0.39 is 0 Å². The third kappa shape index (κ3) is 4.51. The fourth-order valence-electron chi connectivity index (χ4n) is 2.75. The van der Waals surface area contributed by atoms with Crippen LogP contribution in [0.4, 0.5) is 5.69 Å². The summed E-state index contributed by atoms with van der Waals surface area (Å²) in [6.45, 7) is 2.55. The fourth-order valence-corrected chi connectivity index (χ4v) is 2.75. The molecule has 0 bridgehead atoms. The first-order valence-electron chi connectivity index (χ1n) is 8.56. The molecule has 0 aliphatic rings. The molecule has 0 unspecified atom stereocenters. The van der Waals surface area contributed by atoms with Crippen LogP contribution >= 0.6 is 0 Å². The number of methoxy groups -OCH3 is 1. The van der Waals surface area contributed by atoms with Gasteiger partial charge in [-0.2, -0.15) is 5.10 Å². The molecule has 0 saturated heterocycles. The Hall–Kier alpha value is -3.19. The number of nitrogens with one attached hydrogen (secondary N) is 1. The maximum Gasteiger partial charge on any atom is 0.275 e. The Morgan fingerprint density at radius 2 is 1.89 bits per heavy atom. The summed E-state index contributed by atoms with van der Waals surface area (Å²) in [5, 5.41) is 8.36. The summed E-state index contributed by atoms with van der Waals surface area (Å²) in [7, 11) is 1.60. The number of carbonyl (C=O) groups is 1. The molecule has 1 N–H and O–H groups in total. The molecule has 0 saturated carbocycles. The Labute approximate surface area is 156 Å². The molecule has 27 heavy (non-hydrogen) atoms. The van der Waals surface area contributed by atoms with Crippen LogP contribution in [0.15, 0.2) is 53.3 Å². The lowest BCUT2D eigenvalue weighted by atomic mass is 10.1. The molecule has 1 heterocycles. The van der Waals surface area contributed by atoms with E-state index in [0.717, 1.165) is 5.39 Å². The van der Waals surface area contributed by atoms with Gasteiger partial charge in [-0.3, -0.25) is 9.59 Å². The maximum atomic E-state index is 12.6. The third-order valence-corrected chi connectivity index (χ3v) is 4.02. The van der Waals surface area contributed by atoms with Crippen molar-refractivity contribution in [2.24, 2.45) is 0 Å². The molecule has 0 atom stereocenters. The number of hydrogen-bond donors (Lipinski definition) is 1. The molecule has 0 radical (unpaired) electrons. The number of carbonyl (C=O) groups excluding carboxylic acids is 1. The van der Waals surface area contributed by atoms with Gasteiger partial charge in [0, 0.05) is 24.2 Å². The SMILES string of the molecule is COCCOc1cccc(NC(=O)Cn2nc(C)c3ccccc3c2=O)c1. The molecule has 7 nitrogen and oxygen atoms in total.